The molecule has 1 aromatic rings. The van der Waals surface area contributed by atoms with Crippen LogP contribution in [-0.4, -0.2) is 23.0 Å². The summed E-state index contributed by atoms with van der Waals surface area (Å²) in [5.41, 5.74) is 0.619. The van der Waals surface area contributed by atoms with Gasteiger partial charge in [-0.05, 0) is 30.0 Å². The number of ether oxygens (including phenoxy) is 2. The SMILES string of the molecule is CCCC(OC(=O)CCC(=O)OCc1ccc([N+](=O)[O-])cc1)C(C)C. The molecule has 1 aromatic carbocycles. The number of esters is 2. The lowest BCUT2D eigenvalue weighted by atomic mass is 10.0. The predicted octanol–water partition coefficient (Wildman–Crippen LogP) is 3.79. The van der Waals surface area contributed by atoms with E-state index in [4.69, 9.17) is 9.47 Å². The van der Waals surface area contributed by atoms with Gasteiger partial charge < -0.3 is 9.47 Å². The van der Waals surface area contributed by atoms with Crippen molar-refractivity contribution in [2.75, 3.05) is 0 Å². The minimum Gasteiger partial charge on any atom is -0.462 e. The molecule has 1 rings (SSSR count). The molecule has 0 amide bonds. The Kier molecular flexibility index (Phi) is 8.60. The second kappa shape index (κ2) is 10.4. The largest absolute Gasteiger partial charge is 0.462 e. The molecular weight excluding hydrogens is 326 g/mol. The lowest BCUT2D eigenvalue weighted by molar-refractivity contribution is -0.384. The van der Waals surface area contributed by atoms with Crippen molar-refractivity contribution in [2.24, 2.45) is 5.92 Å². The van der Waals surface area contributed by atoms with Crippen LogP contribution in [0.25, 0.3) is 0 Å². The molecule has 0 fully saturated rings. The number of carbonyl (C=O) groups is 2. The molecule has 7 heteroatoms. The summed E-state index contributed by atoms with van der Waals surface area (Å²) < 4.78 is 10.5. The number of non-ortho nitro benzene ring substituents is 1. The third-order valence-electron chi connectivity index (χ3n) is 3.68. The predicted molar refractivity (Wildman–Crippen MR) is 91.8 cm³/mol. The van der Waals surface area contributed by atoms with Crippen LogP contribution in [0.5, 0.6) is 0 Å². The fourth-order valence-corrected chi connectivity index (χ4v) is 2.19. The molecule has 0 N–H and O–H groups in total. The van der Waals surface area contributed by atoms with E-state index in [-0.39, 0.29) is 37.2 Å². The molecule has 1 unspecified atom stereocenters. The van der Waals surface area contributed by atoms with E-state index in [1.54, 1.807) is 0 Å². The molecule has 138 valence electrons. The minimum absolute atomic E-state index is 0.0102. The Balaban J connectivity index is 2.34. The van der Waals surface area contributed by atoms with Crippen molar-refractivity contribution in [3.63, 3.8) is 0 Å². The van der Waals surface area contributed by atoms with Crippen LogP contribution < -0.4 is 0 Å². The number of carbonyl (C=O) groups excluding carboxylic acids is 2. The molecule has 0 aliphatic rings. The molecule has 0 saturated carbocycles. The van der Waals surface area contributed by atoms with E-state index in [1.807, 2.05) is 20.8 Å². The van der Waals surface area contributed by atoms with Gasteiger partial charge in [0.1, 0.15) is 12.7 Å². The highest BCUT2D eigenvalue weighted by Crippen LogP contribution is 2.15. The Morgan fingerprint density at radius 2 is 1.72 bits per heavy atom. The lowest BCUT2D eigenvalue weighted by Gasteiger charge is -2.20. The van der Waals surface area contributed by atoms with E-state index in [0.717, 1.165) is 12.8 Å². The molecular formula is C18H25NO6. The Labute approximate surface area is 147 Å². The summed E-state index contributed by atoms with van der Waals surface area (Å²) >= 11 is 0. The highest BCUT2D eigenvalue weighted by molar-refractivity contribution is 5.77. The van der Waals surface area contributed by atoms with Crippen LogP contribution >= 0.6 is 0 Å². The van der Waals surface area contributed by atoms with E-state index in [0.29, 0.717) is 5.56 Å². The van der Waals surface area contributed by atoms with Crippen LogP contribution in [0.3, 0.4) is 0 Å². The zero-order valence-corrected chi connectivity index (χ0v) is 14.9. The van der Waals surface area contributed by atoms with Crippen molar-refractivity contribution in [3.05, 3.63) is 39.9 Å². The summed E-state index contributed by atoms with van der Waals surface area (Å²) in [6.45, 7) is 6.02. The highest BCUT2D eigenvalue weighted by Gasteiger charge is 2.18. The van der Waals surface area contributed by atoms with Gasteiger partial charge in [-0.1, -0.05) is 27.2 Å². The number of nitro benzene ring substituents is 1. The summed E-state index contributed by atoms with van der Waals surface area (Å²) in [5, 5.41) is 10.6. The van der Waals surface area contributed by atoms with E-state index in [2.05, 4.69) is 0 Å². The van der Waals surface area contributed by atoms with Gasteiger partial charge in [-0.15, -0.1) is 0 Å². The molecule has 0 spiro atoms. The van der Waals surface area contributed by atoms with E-state index in [1.165, 1.54) is 24.3 Å². The number of hydrogen-bond acceptors (Lipinski definition) is 6. The maximum atomic E-state index is 11.8. The molecule has 1 atom stereocenters. The Bertz CT molecular complexity index is 582. The van der Waals surface area contributed by atoms with E-state index < -0.39 is 16.9 Å². The third-order valence-corrected chi connectivity index (χ3v) is 3.68. The maximum Gasteiger partial charge on any atom is 0.306 e. The Morgan fingerprint density at radius 3 is 2.24 bits per heavy atom. The van der Waals surface area contributed by atoms with Crippen molar-refractivity contribution in [1.29, 1.82) is 0 Å². The number of hydrogen-bond donors (Lipinski definition) is 0. The van der Waals surface area contributed by atoms with Crippen molar-refractivity contribution < 1.29 is 24.0 Å². The van der Waals surface area contributed by atoms with Gasteiger partial charge in [-0.3, -0.25) is 19.7 Å². The topological polar surface area (TPSA) is 95.7 Å². The average molecular weight is 351 g/mol. The van der Waals surface area contributed by atoms with E-state index >= 15 is 0 Å². The Morgan fingerprint density at radius 1 is 1.12 bits per heavy atom. The normalized spacial score (nSPS) is 11.8. The van der Waals surface area contributed by atoms with Gasteiger partial charge in [0, 0.05) is 12.1 Å². The van der Waals surface area contributed by atoms with Crippen molar-refractivity contribution in [3.8, 4) is 0 Å². The zero-order valence-electron chi connectivity index (χ0n) is 14.9. The van der Waals surface area contributed by atoms with Crippen LogP contribution in [-0.2, 0) is 25.7 Å². The monoisotopic (exact) mass is 351 g/mol. The van der Waals surface area contributed by atoms with Crippen LogP contribution in [0, 0.1) is 16.0 Å². The first kappa shape index (κ1) is 20.6. The zero-order chi connectivity index (χ0) is 18.8. The van der Waals surface area contributed by atoms with Gasteiger partial charge in [0.2, 0.25) is 0 Å². The van der Waals surface area contributed by atoms with Crippen LogP contribution in [0.4, 0.5) is 5.69 Å². The molecule has 0 heterocycles. The van der Waals surface area contributed by atoms with Gasteiger partial charge in [-0.25, -0.2) is 0 Å². The first-order valence-electron chi connectivity index (χ1n) is 8.42. The fraction of sp³-hybridized carbons (Fsp3) is 0.556. The van der Waals surface area contributed by atoms with Crippen molar-refractivity contribution in [1.82, 2.24) is 0 Å². The first-order chi connectivity index (χ1) is 11.8. The van der Waals surface area contributed by atoms with Crippen LogP contribution in [0.15, 0.2) is 24.3 Å². The van der Waals surface area contributed by atoms with Gasteiger partial charge in [-0.2, -0.15) is 0 Å². The smallest absolute Gasteiger partial charge is 0.306 e. The second-order valence-corrected chi connectivity index (χ2v) is 6.15. The quantitative estimate of drug-likeness (QED) is 0.361. The van der Waals surface area contributed by atoms with Crippen LogP contribution in [0.2, 0.25) is 0 Å². The molecule has 0 saturated heterocycles. The molecule has 0 bridgehead atoms. The highest BCUT2D eigenvalue weighted by atomic mass is 16.6. The summed E-state index contributed by atoms with van der Waals surface area (Å²) in [4.78, 5) is 33.6. The summed E-state index contributed by atoms with van der Waals surface area (Å²) in [5.74, 6) is -0.677. The molecule has 0 aromatic heterocycles. The molecule has 0 aliphatic carbocycles. The summed E-state index contributed by atoms with van der Waals surface area (Å²) in [7, 11) is 0. The Hall–Kier alpha value is -2.44. The van der Waals surface area contributed by atoms with Gasteiger partial charge in [0.25, 0.3) is 5.69 Å². The maximum absolute atomic E-state index is 11.8. The fourth-order valence-electron chi connectivity index (χ4n) is 2.19. The average Bonchev–Trinajstić information content (AvgIpc) is 2.58. The van der Waals surface area contributed by atoms with Crippen molar-refractivity contribution in [2.45, 2.75) is 59.2 Å². The number of benzene rings is 1. The lowest BCUT2D eigenvalue weighted by Crippen LogP contribution is -2.24. The third kappa shape index (κ3) is 7.78. The molecule has 0 radical (unpaired) electrons. The van der Waals surface area contributed by atoms with Gasteiger partial charge >= 0.3 is 11.9 Å². The van der Waals surface area contributed by atoms with Crippen LogP contribution in [0.1, 0.15) is 52.0 Å². The van der Waals surface area contributed by atoms with Gasteiger partial charge in [0.15, 0.2) is 0 Å². The van der Waals surface area contributed by atoms with E-state index in [9.17, 15) is 19.7 Å². The molecule has 25 heavy (non-hydrogen) atoms. The second-order valence-electron chi connectivity index (χ2n) is 6.15. The van der Waals surface area contributed by atoms with Crippen molar-refractivity contribution >= 4 is 17.6 Å². The first-order valence-corrected chi connectivity index (χ1v) is 8.42. The minimum atomic E-state index is -0.508. The number of nitro groups is 1. The molecule has 7 nitrogen and oxygen atoms in total. The number of rotatable bonds is 10. The van der Waals surface area contributed by atoms with Gasteiger partial charge in [0.05, 0.1) is 17.8 Å². The summed E-state index contributed by atoms with van der Waals surface area (Å²) in [6, 6.07) is 5.75. The standard InChI is InChI=1S/C18H25NO6/c1-4-5-16(13(2)3)25-18(21)11-10-17(20)24-12-14-6-8-15(9-7-14)19(22)23/h6-9,13,16H,4-5,10-12H2,1-3H3. The summed E-state index contributed by atoms with van der Waals surface area (Å²) in [6.07, 6.45) is 1.52. The number of nitrogens with zero attached hydrogens (tertiary/aromatic N) is 1. The molecule has 0 aliphatic heterocycles.